The molecule has 0 saturated carbocycles. The summed E-state index contributed by atoms with van der Waals surface area (Å²) in [6.45, 7) is 2.26. The quantitative estimate of drug-likeness (QED) is 0.460. The highest BCUT2D eigenvalue weighted by molar-refractivity contribution is 5.67. The zero-order valence-corrected chi connectivity index (χ0v) is 5.58. The number of hydrogen-bond acceptors (Lipinski definition) is 4. The SMILES string of the molecule is NOC(=O)N1CCOCC1. The van der Waals surface area contributed by atoms with Crippen LogP contribution in [-0.2, 0) is 9.57 Å². The van der Waals surface area contributed by atoms with Gasteiger partial charge >= 0.3 is 6.09 Å². The molecule has 0 aromatic heterocycles. The minimum absolute atomic E-state index is 0.483. The number of morpholine rings is 1. The predicted molar refractivity (Wildman–Crippen MR) is 33.1 cm³/mol. The Morgan fingerprint density at radius 1 is 1.50 bits per heavy atom. The number of nitrogens with two attached hydrogens (primary N) is 1. The molecule has 1 saturated heterocycles. The smallest absolute Gasteiger partial charge is 0.378 e. The highest BCUT2D eigenvalue weighted by atomic mass is 16.7. The minimum Gasteiger partial charge on any atom is -0.378 e. The molecule has 0 aromatic carbocycles. The van der Waals surface area contributed by atoms with Gasteiger partial charge in [-0.1, -0.05) is 0 Å². The monoisotopic (exact) mass is 146 g/mol. The summed E-state index contributed by atoms with van der Waals surface area (Å²) in [7, 11) is 0. The van der Waals surface area contributed by atoms with Crippen LogP contribution < -0.4 is 5.90 Å². The van der Waals surface area contributed by atoms with Gasteiger partial charge in [-0.25, -0.2) is 4.79 Å². The Balaban J connectivity index is 2.31. The molecule has 5 nitrogen and oxygen atoms in total. The van der Waals surface area contributed by atoms with E-state index >= 15 is 0 Å². The standard InChI is InChI=1S/C5H10N2O3/c6-10-5(8)7-1-3-9-4-2-7/h1-4,6H2. The lowest BCUT2D eigenvalue weighted by molar-refractivity contribution is 0.0270. The van der Waals surface area contributed by atoms with Crippen LogP contribution in [0.3, 0.4) is 0 Å². The molecule has 1 fully saturated rings. The number of amides is 1. The molecule has 1 heterocycles. The summed E-state index contributed by atoms with van der Waals surface area (Å²) in [6, 6.07) is 0. The first kappa shape index (κ1) is 7.30. The second-order valence-corrected chi connectivity index (χ2v) is 1.98. The van der Waals surface area contributed by atoms with Crippen LogP contribution >= 0.6 is 0 Å². The second-order valence-electron chi connectivity index (χ2n) is 1.98. The van der Waals surface area contributed by atoms with Crippen molar-refractivity contribution >= 4 is 6.09 Å². The van der Waals surface area contributed by atoms with Crippen molar-refractivity contribution in [3.05, 3.63) is 0 Å². The van der Waals surface area contributed by atoms with Crippen molar-refractivity contribution in [3.63, 3.8) is 0 Å². The fourth-order valence-electron chi connectivity index (χ4n) is 0.820. The summed E-state index contributed by atoms with van der Waals surface area (Å²) < 4.78 is 5.00. The second kappa shape index (κ2) is 3.38. The van der Waals surface area contributed by atoms with E-state index < -0.39 is 6.09 Å². The van der Waals surface area contributed by atoms with E-state index in [9.17, 15) is 4.79 Å². The van der Waals surface area contributed by atoms with Crippen LogP contribution in [0.1, 0.15) is 0 Å². The maximum Gasteiger partial charge on any atom is 0.428 e. The molecule has 0 aliphatic carbocycles. The number of nitrogens with zero attached hydrogens (tertiary/aromatic N) is 1. The molecule has 5 heteroatoms. The zero-order chi connectivity index (χ0) is 7.40. The third kappa shape index (κ3) is 1.58. The van der Waals surface area contributed by atoms with Gasteiger partial charge in [0.05, 0.1) is 13.2 Å². The Morgan fingerprint density at radius 2 is 2.10 bits per heavy atom. The molecule has 58 valence electrons. The molecule has 1 amide bonds. The van der Waals surface area contributed by atoms with Gasteiger partial charge in [-0.2, -0.15) is 5.90 Å². The normalized spacial score (nSPS) is 18.7. The van der Waals surface area contributed by atoms with Crippen molar-refractivity contribution in [2.45, 2.75) is 0 Å². The molecule has 1 aliphatic heterocycles. The number of rotatable bonds is 0. The Labute approximate surface area is 58.6 Å². The highest BCUT2D eigenvalue weighted by Crippen LogP contribution is 1.97. The van der Waals surface area contributed by atoms with Crippen molar-refractivity contribution < 1.29 is 14.4 Å². The molecule has 0 aromatic rings. The van der Waals surface area contributed by atoms with Crippen LogP contribution in [0.15, 0.2) is 0 Å². The molecule has 0 spiro atoms. The Morgan fingerprint density at radius 3 is 2.60 bits per heavy atom. The third-order valence-corrected chi connectivity index (χ3v) is 1.37. The van der Waals surface area contributed by atoms with Crippen LogP contribution in [0.5, 0.6) is 0 Å². The van der Waals surface area contributed by atoms with Gasteiger partial charge in [0, 0.05) is 13.1 Å². The summed E-state index contributed by atoms with van der Waals surface area (Å²) in [5.74, 6) is 4.67. The Bertz CT molecular complexity index is 122. The van der Waals surface area contributed by atoms with E-state index in [4.69, 9.17) is 4.74 Å². The lowest BCUT2D eigenvalue weighted by Gasteiger charge is -2.24. The van der Waals surface area contributed by atoms with Gasteiger partial charge < -0.3 is 14.5 Å². The summed E-state index contributed by atoms with van der Waals surface area (Å²) >= 11 is 0. The highest BCUT2D eigenvalue weighted by Gasteiger charge is 2.16. The van der Waals surface area contributed by atoms with Crippen LogP contribution in [0, 0.1) is 0 Å². The Hall–Kier alpha value is -0.810. The molecule has 1 rings (SSSR count). The number of hydrogen-bond donors (Lipinski definition) is 1. The van der Waals surface area contributed by atoms with E-state index in [-0.39, 0.29) is 0 Å². The molecule has 0 radical (unpaired) electrons. The summed E-state index contributed by atoms with van der Waals surface area (Å²) in [5, 5.41) is 0. The summed E-state index contributed by atoms with van der Waals surface area (Å²) in [4.78, 5) is 16.2. The van der Waals surface area contributed by atoms with Crippen molar-refractivity contribution in [2.24, 2.45) is 5.90 Å². The topological polar surface area (TPSA) is 64.8 Å². The van der Waals surface area contributed by atoms with Crippen LogP contribution in [0.4, 0.5) is 4.79 Å². The molecular formula is C5H10N2O3. The first-order valence-corrected chi connectivity index (χ1v) is 3.08. The first-order valence-electron chi connectivity index (χ1n) is 3.08. The van der Waals surface area contributed by atoms with E-state index in [1.165, 1.54) is 4.90 Å². The van der Waals surface area contributed by atoms with Crippen LogP contribution in [0.2, 0.25) is 0 Å². The van der Waals surface area contributed by atoms with Gasteiger partial charge in [0.15, 0.2) is 0 Å². The number of carbonyl (C=O) groups is 1. The van der Waals surface area contributed by atoms with Crippen LogP contribution in [0.25, 0.3) is 0 Å². The summed E-state index contributed by atoms with van der Waals surface area (Å²) in [5.41, 5.74) is 0. The molecule has 1 aliphatic rings. The lowest BCUT2D eigenvalue weighted by atomic mass is 10.5. The lowest BCUT2D eigenvalue weighted by Crippen LogP contribution is -2.41. The van der Waals surface area contributed by atoms with E-state index in [2.05, 4.69) is 10.7 Å². The molecule has 2 N–H and O–H groups in total. The molecular weight excluding hydrogens is 136 g/mol. The average Bonchev–Trinajstić information content (AvgIpc) is 2.05. The predicted octanol–water partition coefficient (Wildman–Crippen LogP) is -0.671. The molecule has 0 bridgehead atoms. The van der Waals surface area contributed by atoms with Crippen molar-refractivity contribution in [1.29, 1.82) is 0 Å². The van der Waals surface area contributed by atoms with Gasteiger partial charge in [-0.3, -0.25) is 0 Å². The van der Waals surface area contributed by atoms with Gasteiger partial charge in [0.25, 0.3) is 0 Å². The summed E-state index contributed by atoms with van der Waals surface area (Å²) in [6.07, 6.45) is -0.483. The van der Waals surface area contributed by atoms with Gasteiger partial charge in [-0.15, -0.1) is 0 Å². The van der Waals surface area contributed by atoms with E-state index in [1.54, 1.807) is 0 Å². The zero-order valence-electron chi connectivity index (χ0n) is 5.58. The third-order valence-electron chi connectivity index (χ3n) is 1.37. The van der Waals surface area contributed by atoms with Crippen LogP contribution in [-0.4, -0.2) is 37.3 Å². The minimum atomic E-state index is -0.483. The first-order chi connectivity index (χ1) is 4.84. The van der Waals surface area contributed by atoms with Crippen molar-refractivity contribution in [3.8, 4) is 0 Å². The molecule has 0 atom stereocenters. The van der Waals surface area contributed by atoms with Gasteiger partial charge in [0.1, 0.15) is 0 Å². The largest absolute Gasteiger partial charge is 0.428 e. The number of ether oxygens (including phenoxy) is 1. The maximum absolute atomic E-state index is 10.7. The van der Waals surface area contributed by atoms with Gasteiger partial charge in [-0.05, 0) is 0 Å². The van der Waals surface area contributed by atoms with E-state index in [0.29, 0.717) is 26.3 Å². The number of carbonyl (C=O) groups excluding carboxylic acids is 1. The van der Waals surface area contributed by atoms with Gasteiger partial charge in [0.2, 0.25) is 0 Å². The van der Waals surface area contributed by atoms with E-state index in [0.717, 1.165) is 0 Å². The van der Waals surface area contributed by atoms with Crippen molar-refractivity contribution in [1.82, 2.24) is 4.90 Å². The maximum atomic E-state index is 10.7. The fraction of sp³-hybridized carbons (Fsp3) is 0.800. The molecule has 0 unspecified atom stereocenters. The Kier molecular flexibility index (Phi) is 2.47. The van der Waals surface area contributed by atoms with Crippen molar-refractivity contribution in [2.75, 3.05) is 26.3 Å². The fourth-order valence-corrected chi connectivity index (χ4v) is 0.820. The van der Waals surface area contributed by atoms with E-state index in [1.807, 2.05) is 0 Å². The molecule has 10 heavy (non-hydrogen) atoms. The average molecular weight is 146 g/mol.